The van der Waals surface area contributed by atoms with Crippen LogP contribution in [0.5, 0.6) is 0 Å². The van der Waals surface area contributed by atoms with Gasteiger partial charge in [0.2, 0.25) is 5.91 Å². The molecule has 1 saturated carbocycles. The van der Waals surface area contributed by atoms with Crippen molar-refractivity contribution in [1.29, 1.82) is 0 Å². The lowest BCUT2D eigenvalue weighted by Crippen LogP contribution is -2.16. The molecule has 2 aromatic heterocycles. The van der Waals surface area contributed by atoms with Crippen molar-refractivity contribution >= 4 is 11.7 Å². The molecule has 0 aromatic carbocycles. The van der Waals surface area contributed by atoms with Crippen molar-refractivity contribution in [2.75, 3.05) is 5.32 Å². The molecule has 0 bridgehead atoms. The Morgan fingerprint density at radius 1 is 1.41 bits per heavy atom. The summed E-state index contributed by atoms with van der Waals surface area (Å²) in [5.41, 5.74) is 1.09. The van der Waals surface area contributed by atoms with E-state index in [4.69, 9.17) is 0 Å². The standard InChI is InChI=1S/C17H22N4O/c1-12(2)17-18-9-11-21(17)10-8-16(22)20-15-5-3-4-14(19-15)13-6-7-13/h3-5,9,11-13H,6-8,10H2,1-2H3,(H,19,20,22). The molecule has 22 heavy (non-hydrogen) atoms. The molecule has 0 radical (unpaired) electrons. The fourth-order valence-electron chi connectivity index (χ4n) is 2.57. The minimum Gasteiger partial charge on any atom is -0.334 e. The average Bonchev–Trinajstić information content (AvgIpc) is 3.23. The van der Waals surface area contributed by atoms with Crippen LogP contribution in [0.15, 0.2) is 30.6 Å². The highest BCUT2D eigenvalue weighted by molar-refractivity contribution is 5.89. The minimum atomic E-state index is -0.0103. The first-order valence-electron chi connectivity index (χ1n) is 7.91. The second-order valence-corrected chi connectivity index (χ2v) is 6.15. The van der Waals surface area contributed by atoms with Gasteiger partial charge in [0.05, 0.1) is 0 Å². The molecule has 1 aliphatic rings. The number of hydrogen-bond donors (Lipinski definition) is 1. The molecular weight excluding hydrogens is 276 g/mol. The summed E-state index contributed by atoms with van der Waals surface area (Å²) in [4.78, 5) is 20.9. The lowest BCUT2D eigenvalue weighted by Gasteiger charge is -2.10. The molecule has 1 N–H and O–H groups in total. The number of carbonyl (C=O) groups is 1. The number of amides is 1. The summed E-state index contributed by atoms with van der Waals surface area (Å²) in [5, 5.41) is 2.89. The summed E-state index contributed by atoms with van der Waals surface area (Å²) in [6.07, 6.45) is 6.56. The molecule has 0 atom stereocenters. The highest BCUT2D eigenvalue weighted by Gasteiger charge is 2.25. The van der Waals surface area contributed by atoms with Gasteiger partial charge >= 0.3 is 0 Å². The highest BCUT2D eigenvalue weighted by Crippen LogP contribution is 2.39. The van der Waals surface area contributed by atoms with Crippen LogP contribution in [0.3, 0.4) is 0 Å². The van der Waals surface area contributed by atoms with Crippen LogP contribution in [0.4, 0.5) is 5.82 Å². The van der Waals surface area contributed by atoms with Gasteiger partial charge in [-0.3, -0.25) is 4.79 Å². The SMILES string of the molecule is CC(C)c1nccn1CCC(=O)Nc1cccc(C2CC2)n1. The van der Waals surface area contributed by atoms with Crippen LogP contribution in [-0.2, 0) is 11.3 Å². The van der Waals surface area contributed by atoms with Crippen LogP contribution >= 0.6 is 0 Å². The number of aryl methyl sites for hydroxylation is 1. The molecule has 5 nitrogen and oxygen atoms in total. The number of imidazole rings is 1. The molecule has 5 heteroatoms. The van der Waals surface area contributed by atoms with Crippen molar-refractivity contribution in [3.8, 4) is 0 Å². The first kappa shape index (κ1) is 14.8. The zero-order valence-corrected chi connectivity index (χ0v) is 13.1. The van der Waals surface area contributed by atoms with Crippen molar-refractivity contribution in [1.82, 2.24) is 14.5 Å². The second-order valence-electron chi connectivity index (χ2n) is 6.15. The number of nitrogens with zero attached hydrogens (tertiary/aromatic N) is 3. The molecular formula is C17H22N4O. The van der Waals surface area contributed by atoms with E-state index in [0.29, 0.717) is 30.6 Å². The Morgan fingerprint density at radius 3 is 2.95 bits per heavy atom. The number of nitrogens with one attached hydrogen (secondary N) is 1. The van der Waals surface area contributed by atoms with Crippen molar-refractivity contribution < 1.29 is 4.79 Å². The Bertz CT molecular complexity index is 658. The summed E-state index contributed by atoms with van der Waals surface area (Å²) >= 11 is 0. The number of pyridine rings is 1. The lowest BCUT2D eigenvalue weighted by molar-refractivity contribution is -0.116. The zero-order chi connectivity index (χ0) is 15.5. The Kier molecular flexibility index (Phi) is 4.22. The summed E-state index contributed by atoms with van der Waals surface area (Å²) in [7, 11) is 0. The predicted octanol–water partition coefficient (Wildman–Crippen LogP) is 3.31. The fourth-order valence-corrected chi connectivity index (χ4v) is 2.57. The first-order chi connectivity index (χ1) is 10.6. The first-order valence-corrected chi connectivity index (χ1v) is 7.91. The molecule has 3 rings (SSSR count). The number of carbonyl (C=O) groups excluding carboxylic acids is 1. The molecule has 2 aromatic rings. The third-order valence-corrected chi connectivity index (χ3v) is 3.88. The third-order valence-electron chi connectivity index (χ3n) is 3.88. The Hall–Kier alpha value is -2.17. The Labute approximate surface area is 130 Å². The fraction of sp³-hybridized carbons (Fsp3) is 0.471. The van der Waals surface area contributed by atoms with Crippen LogP contribution in [-0.4, -0.2) is 20.4 Å². The molecule has 0 unspecified atom stereocenters. The van der Waals surface area contributed by atoms with E-state index < -0.39 is 0 Å². The smallest absolute Gasteiger partial charge is 0.227 e. The molecule has 2 heterocycles. The molecule has 0 saturated heterocycles. The summed E-state index contributed by atoms with van der Waals surface area (Å²) in [6.45, 7) is 4.85. The van der Waals surface area contributed by atoms with Crippen molar-refractivity contribution in [3.05, 3.63) is 42.1 Å². The molecule has 1 aliphatic carbocycles. The van der Waals surface area contributed by atoms with E-state index in [0.717, 1.165) is 11.5 Å². The number of hydrogen-bond acceptors (Lipinski definition) is 3. The van der Waals surface area contributed by atoms with Gasteiger partial charge in [0, 0.05) is 42.9 Å². The van der Waals surface area contributed by atoms with Crippen LogP contribution in [0.2, 0.25) is 0 Å². The van der Waals surface area contributed by atoms with Crippen molar-refractivity contribution in [2.45, 2.75) is 51.5 Å². The molecule has 1 fully saturated rings. The molecule has 116 valence electrons. The Morgan fingerprint density at radius 2 is 2.23 bits per heavy atom. The lowest BCUT2D eigenvalue weighted by atomic mass is 10.2. The van der Waals surface area contributed by atoms with Gasteiger partial charge in [-0.15, -0.1) is 0 Å². The topological polar surface area (TPSA) is 59.8 Å². The van der Waals surface area contributed by atoms with E-state index in [1.165, 1.54) is 12.8 Å². The van der Waals surface area contributed by atoms with Gasteiger partial charge in [-0.25, -0.2) is 9.97 Å². The van der Waals surface area contributed by atoms with Crippen LogP contribution in [0, 0.1) is 0 Å². The van der Waals surface area contributed by atoms with E-state index >= 15 is 0 Å². The normalized spacial score (nSPS) is 14.3. The summed E-state index contributed by atoms with van der Waals surface area (Å²) in [5.74, 6) is 2.61. The maximum atomic E-state index is 12.1. The van der Waals surface area contributed by atoms with E-state index in [1.54, 1.807) is 6.20 Å². The van der Waals surface area contributed by atoms with Gasteiger partial charge in [-0.2, -0.15) is 0 Å². The number of rotatable bonds is 6. The number of aromatic nitrogens is 3. The van der Waals surface area contributed by atoms with E-state index in [9.17, 15) is 4.79 Å². The predicted molar refractivity (Wildman–Crippen MR) is 85.8 cm³/mol. The average molecular weight is 298 g/mol. The van der Waals surface area contributed by atoms with Gasteiger partial charge in [0.15, 0.2) is 0 Å². The molecule has 0 spiro atoms. The zero-order valence-electron chi connectivity index (χ0n) is 13.1. The van der Waals surface area contributed by atoms with Gasteiger partial charge in [0.25, 0.3) is 0 Å². The quantitative estimate of drug-likeness (QED) is 0.890. The second kappa shape index (κ2) is 6.30. The van der Waals surface area contributed by atoms with Gasteiger partial charge in [-0.1, -0.05) is 19.9 Å². The molecule has 1 amide bonds. The largest absolute Gasteiger partial charge is 0.334 e. The maximum absolute atomic E-state index is 12.1. The number of anilines is 1. The monoisotopic (exact) mass is 298 g/mol. The van der Waals surface area contributed by atoms with Gasteiger partial charge in [0.1, 0.15) is 11.6 Å². The van der Waals surface area contributed by atoms with Crippen LogP contribution in [0.25, 0.3) is 0 Å². The maximum Gasteiger partial charge on any atom is 0.227 e. The van der Waals surface area contributed by atoms with Crippen LogP contribution in [0.1, 0.15) is 56.5 Å². The van der Waals surface area contributed by atoms with E-state index in [-0.39, 0.29) is 5.91 Å². The Balaban J connectivity index is 1.56. The van der Waals surface area contributed by atoms with E-state index in [1.807, 2.05) is 29.0 Å². The van der Waals surface area contributed by atoms with Crippen LogP contribution < -0.4 is 5.32 Å². The summed E-state index contributed by atoms with van der Waals surface area (Å²) < 4.78 is 2.04. The minimum absolute atomic E-state index is 0.0103. The molecule has 0 aliphatic heterocycles. The third kappa shape index (κ3) is 3.53. The highest BCUT2D eigenvalue weighted by atomic mass is 16.1. The summed E-state index contributed by atoms with van der Waals surface area (Å²) in [6, 6.07) is 5.84. The van der Waals surface area contributed by atoms with Gasteiger partial charge in [-0.05, 0) is 25.0 Å². The van der Waals surface area contributed by atoms with Crippen molar-refractivity contribution in [2.24, 2.45) is 0 Å². The van der Waals surface area contributed by atoms with Crippen molar-refractivity contribution in [3.63, 3.8) is 0 Å². The van der Waals surface area contributed by atoms with E-state index in [2.05, 4.69) is 29.1 Å². The van der Waals surface area contributed by atoms with Gasteiger partial charge < -0.3 is 9.88 Å².